The van der Waals surface area contributed by atoms with Crippen molar-refractivity contribution >= 4 is 11.9 Å². The summed E-state index contributed by atoms with van der Waals surface area (Å²) < 4.78 is 17.8. The zero-order chi connectivity index (χ0) is 18.6. The van der Waals surface area contributed by atoms with Gasteiger partial charge < -0.3 is 20.1 Å². The number of aryl methyl sites for hydroxylation is 1. The number of hydrogen-bond donors (Lipinski definition) is 3. The molecule has 0 saturated heterocycles. The maximum atomic E-state index is 12.8. The summed E-state index contributed by atoms with van der Waals surface area (Å²) in [5, 5.41) is 12.3. The van der Waals surface area contributed by atoms with Gasteiger partial charge >= 0.3 is 5.97 Å². The molecule has 1 aromatic heterocycles. The van der Waals surface area contributed by atoms with Crippen LogP contribution in [0.4, 0.5) is 4.39 Å². The molecule has 1 amide bonds. The Morgan fingerprint density at radius 3 is 2.48 bits per heavy atom. The molecule has 0 spiro atoms. The smallest absolute Gasteiger partial charge is 0.355 e. The number of carbonyl (C=O) groups excluding carboxylic acids is 2. The van der Waals surface area contributed by atoms with Crippen LogP contribution in [0.5, 0.6) is 0 Å². The number of aliphatic hydroxyl groups is 1. The lowest BCUT2D eigenvalue weighted by Crippen LogP contribution is -2.28. The lowest BCUT2D eigenvalue weighted by molar-refractivity contribution is -0.124. The third-order valence-corrected chi connectivity index (χ3v) is 3.85. The zero-order valence-corrected chi connectivity index (χ0v) is 14.4. The molecule has 134 valence electrons. The van der Waals surface area contributed by atoms with E-state index < -0.39 is 24.6 Å². The Bertz CT molecular complexity index is 766. The molecular formula is C18H21FN2O4. The average Bonchev–Trinajstić information content (AvgIpc) is 2.86. The van der Waals surface area contributed by atoms with Crippen molar-refractivity contribution in [2.45, 2.75) is 33.4 Å². The molecule has 0 bridgehead atoms. The molecule has 7 heteroatoms. The molecular weight excluding hydrogens is 327 g/mol. The van der Waals surface area contributed by atoms with Crippen molar-refractivity contribution in [2.75, 3.05) is 6.61 Å². The highest BCUT2D eigenvalue weighted by atomic mass is 19.1. The standard InChI is InChI=1S/C18H21FN2O4/c1-10-16(12(3)22)11(2)21-17(10)18(24)25-9-15(23)20-8-13-4-6-14(19)7-5-13/h4-7,12,21-22H,8-9H2,1-3H3,(H,20,23)/t12-/m0/s1. The summed E-state index contributed by atoms with van der Waals surface area (Å²) in [6, 6.07) is 5.73. The third kappa shape index (κ3) is 4.67. The van der Waals surface area contributed by atoms with Crippen LogP contribution in [0.1, 0.15) is 45.9 Å². The molecule has 3 N–H and O–H groups in total. The van der Waals surface area contributed by atoms with Crippen LogP contribution in [0.3, 0.4) is 0 Å². The predicted molar refractivity (Wildman–Crippen MR) is 89.4 cm³/mol. The van der Waals surface area contributed by atoms with Gasteiger partial charge in [0.1, 0.15) is 11.5 Å². The van der Waals surface area contributed by atoms with Crippen molar-refractivity contribution in [2.24, 2.45) is 0 Å². The van der Waals surface area contributed by atoms with Crippen LogP contribution in [-0.2, 0) is 16.1 Å². The van der Waals surface area contributed by atoms with Gasteiger partial charge in [-0.1, -0.05) is 12.1 Å². The lowest BCUT2D eigenvalue weighted by Gasteiger charge is -2.07. The summed E-state index contributed by atoms with van der Waals surface area (Å²) in [7, 11) is 0. The molecule has 1 atom stereocenters. The molecule has 1 heterocycles. The fourth-order valence-electron chi connectivity index (χ4n) is 2.65. The number of aromatic amines is 1. The number of aromatic nitrogens is 1. The average molecular weight is 348 g/mol. The first-order chi connectivity index (χ1) is 11.8. The van der Waals surface area contributed by atoms with E-state index in [0.717, 1.165) is 5.56 Å². The second-order valence-electron chi connectivity index (χ2n) is 5.82. The van der Waals surface area contributed by atoms with E-state index in [1.54, 1.807) is 32.9 Å². The van der Waals surface area contributed by atoms with E-state index in [1.807, 2.05) is 0 Å². The van der Waals surface area contributed by atoms with E-state index in [9.17, 15) is 19.1 Å². The first-order valence-electron chi connectivity index (χ1n) is 7.85. The van der Waals surface area contributed by atoms with Gasteiger partial charge in [-0.3, -0.25) is 4.79 Å². The quantitative estimate of drug-likeness (QED) is 0.699. The molecule has 2 rings (SSSR count). The van der Waals surface area contributed by atoms with E-state index in [4.69, 9.17) is 4.74 Å². The number of hydrogen-bond acceptors (Lipinski definition) is 4. The number of carbonyl (C=O) groups is 2. The number of ether oxygens (including phenoxy) is 1. The van der Waals surface area contributed by atoms with Crippen LogP contribution in [0.15, 0.2) is 24.3 Å². The summed E-state index contributed by atoms with van der Waals surface area (Å²) in [6.07, 6.45) is -0.711. The summed E-state index contributed by atoms with van der Waals surface area (Å²) >= 11 is 0. The number of esters is 1. The van der Waals surface area contributed by atoms with Gasteiger partial charge in [0, 0.05) is 17.8 Å². The van der Waals surface area contributed by atoms with Crippen molar-refractivity contribution in [1.82, 2.24) is 10.3 Å². The predicted octanol–water partition coefficient (Wildman–Crippen LogP) is 2.30. The van der Waals surface area contributed by atoms with Gasteiger partial charge in [-0.2, -0.15) is 0 Å². The maximum absolute atomic E-state index is 12.8. The van der Waals surface area contributed by atoms with Crippen LogP contribution < -0.4 is 5.32 Å². The van der Waals surface area contributed by atoms with Gasteiger partial charge in [-0.05, 0) is 44.0 Å². The van der Waals surface area contributed by atoms with Crippen LogP contribution in [0, 0.1) is 19.7 Å². The van der Waals surface area contributed by atoms with E-state index in [2.05, 4.69) is 10.3 Å². The molecule has 0 fully saturated rings. The number of rotatable bonds is 6. The molecule has 0 radical (unpaired) electrons. The molecule has 0 unspecified atom stereocenters. The minimum Gasteiger partial charge on any atom is -0.451 e. The van der Waals surface area contributed by atoms with Gasteiger partial charge in [0.25, 0.3) is 5.91 Å². The molecule has 1 aromatic carbocycles. The lowest BCUT2D eigenvalue weighted by atomic mass is 10.1. The van der Waals surface area contributed by atoms with E-state index in [1.165, 1.54) is 12.1 Å². The molecule has 0 aliphatic carbocycles. The van der Waals surface area contributed by atoms with Crippen LogP contribution >= 0.6 is 0 Å². The monoisotopic (exact) mass is 348 g/mol. The second kappa shape index (κ2) is 7.94. The van der Waals surface area contributed by atoms with Gasteiger partial charge in [-0.15, -0.1) is 0 Å². The summed E-state index contributed by atoms with van der Waals surface area (Å²) in [4.78, 5) is 26.8. The van der Waals surface area contributed by atoms with Crippen molar-refractivity contribution < 1.29 is 23.8 Å². The molecule has 25 heavy (non-hydrogen) atoms. The van der Waals surface area contributed by atoms with E-state index in [-0.39, 0.29) is 18.1 Å². The van der Waals surface area contributed by atoms with Gasteiger partial charge in [0.05, 0.1) is 6.10 Å². The molecule has 0 aliphatic rings. The first kappa shape index (κ1) is 18.7. The SMILES string of the molecule is Cc1[nH]c(C(=O)OCC(=O)NCc2ccc(F)cc2)c(C)c1[C@H](C)O. The van der Waals surface area contributed by atoms with Crippen molar-refractivity contribution in [3.05, 3.63) is 58.2 Å². The Morgan fingerprint density at radius 1 is 1.28 bits per heavy atom. The maximum Gasteiger partial charge on any atom is 0.355 e. The summed E-state index contributed by atoms with van der Waals surface area (Å²) in [5.74, 6) is -1.48. The minimum absolute atomic E-state index is 0.212. The van der Waals surface area contributed by atoms with E-state index in [0.29, 0.717) is 16.8 Å². The largest absolute Gasteiger partial charge is 0.451 e. The van der Waals surface area contributed by atoms with Crippen LogP contribution in [0.2, 0.25) is 0 Å². The third-order valence-electron chi connectivity index (χ3n) is 3.85. The van der Waals surface area contributed by atoms with Crippen molar-refractivity contribution in [3.63, 3.8) is 0 Å². The minimum atomic E-state index is -0.711. The van der Waals surface area contributed by atoms with Crippen molar-refractivity contribution in [3.8, 4) is 0 Å². The Balaban J connectivity index is 1.88. The fourth-order valence-corrected chi connectivity index (χ4v) is 2.65. The highest BCUT2D eigenvalue weighted by Gasteiger charge is 2.21. The Morgan fingerprint density at radius 2 is 1.92 bits per heavy atom. The van der Waals surface area contributed by atoms with Crippen LogP contribution in [-0.4, -0.2) is 28.6 Å². The second-order valence-corrected chi connectivity index (χ2v) is 5.82. The van der Waals surface area contributed by atoms with Gasteiger partial charge in [0.2, 0.25) is 0 Å². The molecule has 2 aromatic rings. The van der Waals surface area contributed by atoms with Crippen LogP contribution in [0.25, 0.3) is 0 Å². The number of nitrogens with one attached hydrogen (secondary N) is 2. The number of H-pyrrole nitrogens is 1. The Hall–Kier alpha value is -2.67. The topological polar surface area (TPSA) is 91.4 Å². The fraction of sp³-hybridized carbons (Fsp3) is 0.333. The molecule has 6 nitrogen and oxygen atoms in total. The Labute approximate surface area is 145 Å². The highest BCUT2D eigenvalue weighted by Crippen LogP contribution is 2.24. The number of halogens is 1. The number of benzene rings is 1. The molecule has 0 saturated carbocycles. The van der Waals surface area contributed by atoms with E-state index >= 15 is 0 Å². The number of amides is 1. The molecule has 0 aliphatic heterocycles. The highest BCUT2D eigenvalue weighted by molar-refractivity contribution is 5.91. The van der Waals surface area contributed by atoms with Gasteiger partial charge in [-0.25, -0.2) is 9.18 Å². The Kier molecular flexibility index (Phi) is 5.93. The normalized spacial score (nSPS) is 11.9. The number of aliphatic hydroxyl groups excluding tert-OH is 1. The zero-order valence-electron chi connectivity index (χ0n) is 14.4. The van der Waals surface area contributed by atoms with Gasteiger partial charge in [0.15, 0.2) is 6.61 Å². The summed E-state index contributed by atoms with van der Waals surface area (Å²) in [6.45, 7) is 4.85. The van der Waals surface area contributed by atoms with Crippen molar-refractivity contribution in [1.29, 1.82) is 0 Å². The first-order valence-corrected chi connectivity index (χ1v) is 7.85. The summed E-state index contributed by atoms with van der Waals surface area (Å²) in [5.41, 5.74) is 2.88.